The molecule has 1 unspecified atom stereocenters. The van der Waals surface area contributed by atoms with Crippen molar-refractivity contribution in [2.24, 2.45) is 5.92 Å². The molecule has 1 heterocycles. The van der Waals surface area contributed by atoms with Gasteiger partial charge in [0, 0.05) is 13.2 Å². The Hall–Kier alpha value is -1.13. The van der Waals surface area contributed by atoms with Gasteiger partial charge in [-0.15, -0.1) is 11.6 Å². The fraction of sp³-hybridized carbons (Fsp3) is 0.533. The number of hydrogen-bond donors (Lipinski definition) is 0. The van der Waals surface area contributed by atoms with Crippen LogP contribution < -0.4 is 0 Å². The van der Waals surface area contributed by atoms with E-state index in [4.69, 9.17) is 16.3 Å². The number of nitrogens with zero attached hydrogens (tertiary/aromatic N) is 2. The molecule has 1 aromatic carbocycles. The van der Waals surface area contributed by atoms with Gasteiger partial charge in [-0.3, -0.25) is 0 Å². The number of benzene rings is 1. The molecule has 110 valence electrons. The second kappa shape index (κ2) is 6.55. The second-order valence-electron chi connectivity index (χ2n) is 5.31. The quantitative estimate of drug-likeness (QED) is 0.592. The summed E-state index contributed by atoms with van der Waals surface area (Å²) in [6.07, 6.45) is 0. The average molecular weight is 299 g/mol. The van der Waals surface area contributed by atoms with E-state index in [0.29, 0.717) is 37.0 Å². The van der Waals surface area contributed by atoms with Gasteiger partial charge in [-0.1, -0.05) is 19.9 Å². The number of fused-ring (bicyclic) bond motifs is 1. The van der Waals surface area contributed by atoms with Crippen LogP contribution in [0.1, 0.15) is 32.0 Å². The molecule has 0 spiro atoms. The second-order valence-corrected chi connectivity index (χ2v) is 5.97. The molecule has 0 bridgehead atoms. The van der Waals surface area contributed by atoms with Gasteiger partial charge in [0.15, 0.2) is 5.82 Å². The van der Waals surface area contributed by atoms with Crippen LogP contribution in [0, 0.1) is 11.7 Å². The van der Waals surface area contributed by atoms with Crippen LogP contribution in [-0.2, 0) is 11.3 Å². The van der Waals surface area contributed by atoms with E-state index in [1.807, 2.05) is 17.6 Å². The molecule has 2 aromatic rings. The van der Waals surface area contributed by atoms with Crippen LogP contribution in [0.15, 0.2) is 18.2 Å². The van der Waals surface area contributed by atoms with E-state index in [1.165, 1.54) is 6.07 Å². The summed E-state index contributed by atoms with van der Waals surface area (Å²) in [5.41, 5.74) is 1.14. The molecule has 0 aliphatic heterocycles. The Kier molecular flexibility index (Phi) is 5.00. The number of alkyl halides is 1. The van der Waals surface area contributed by atoms with Crippen molar-refractivity contribution in [3.8, 4) is 0 Å². The highest BCUT2D eigenvalue weighted by Gasteiger charge is 2.16. The summed E-state index contributed by atoms with van der Waals surface area (Å²) < 4.78 is 21.3. The first-order valence-corrected chi connectivity index (χ1v) is 7.30. The van der Waals surface area contributed by atoms with Gasteiger partial charge in [0.25, 0.3) is 0 Å². The van der Waals surface area contributed by atoms with Crippen LogP contribution in [0.2, 0.25) is 0 Å². The van der Waals surface area contributed by atoms with Gasteiger partial charge >= 0.3 is 0 Å². The molecule has 0 aliphatic carbocycles. The lowest BCUT2D eigenvalue weighted by atomic mass is 10.2. The molecule has 0 saturated carbocycles. The van der Waals surface area contributed by atoms with Gasteiger partial charge in [-0.05, 0) is 25.0 Å². The molecule has 0 saturated heterocycles. The lowest BCUT2D eigenvalue weighted by Crippen LogP contribution is -2.12. The third kappa shape index (κ3) is 3.30. The zero-order valence-corrected chi connectivity index (χ0v) is 12.8. The van der Waals surface area contributed by atoms with E-state index in [-0.39, 0.29) is 11.2 Å². The Bertz CT molecular complexity index is 581. The Balaban J connectivity index is 2.25. The summed E-state index contributed by atoms with van der Waals surface area (Å²) in [4.78, 5) is 4.33. The highest BCUT2D eigenvalue weighted by molar-refractivity contribution is 6.20. The van der Waals surface area contributed by atoms with Gasteiger partial charge in [0.1, 0.15) is 11.3 Å². The van der Waals surface area contributed by atoms with E-state index in [2.05, 4.69) is 18.8 Å². The van der Waals surface area contributed by atoms with E-state index in [9.17, 15) is 4.39 Å². The molecule has 0 aliphatic rings. The predicted molar refractivity (Wildman–Crippen MR) is 79.6 cm³/mol. The molecule has 20 heavy (non-hydrogen) atoms. The van der Waals surface area contributed by atoms with Crippen LogP contribution in [0.4, 0.5) is 4.39 Å². The molecule has 1 aromatic heterocycles. The molecule has 2 rings (SSSR count). The smallest absolute Gasteiger partial charge is 0.151 e. The molecule has 0 fully saturated rings. The Labute approximate surface area is 123 Å². The summed E-state index contributed by atoms with van der Waals surface area (Å²) in [5.74, 6) is 0.862. The first-order chi connectivity index (χ1) is 9.50. The summed E-state index contributed by atoms with van der Waals surface area (Å²) in [5, 5.41) is -0.271. The normalized spacial score (nSPS) is 13.3. The van der Waals surface area contributed by atoms with Crippen molar-refractivity contribution >= 4 is 22.6 Å². The maximum absolute atomic E-state index is 13.8. The number of aromatic nitrogens is 2. The van der Waals surface area contributed by atoms with Crippen molar-refractivity contribution in [3.05, 3.63) is 29.8 Å². The summed E-state index contributed by atoms with van der Waals surface area (Å²) >= 11 is 6.15. The number of imidazole rings is 1. The van der Waals surface area contributed by atoms with Crippen molar-refractivity contribution in [3.63, 3.8) is 0 Å². The molecular formula is C15H20ClFN2O. The maximum atomic E-state index is 13.8. The minimum absolute atomic E-state index is 0.271. The number of hydrogen-bond acceptors (Lipinski definition) is 2. The Morgan fingerprint density at radius 2 is 2.10 bits per heavy atom. The van der Waals surface area contributed by atoms with Gasteiger partial charge in [0.05, 0.1) is 17.5 Å². The fourth-order valence-electron chi connectivity index (χ4n) is 2.14. The molecule has 0 N–H and O–H groups in total. The average Bonchev–Trinajstić information content (AvgIpc) is 2.75. The van der Waals surface area contributed by atoms with Crippen LogP contribution in [-0.4, -0.2) is 22.8 Å². The van der Waals surface area contributed by atoms with Crippen LogP contribution >= 0.6 is 11.6 Å². The van der Waals surface area contributed by atoms with E-state index < -0.39 is 0 Å². The van der Waals surface area contributed by atoms with Crippen molar-refractivity contribution in [1.82, 2.24) is 9.55 Å². The summed E-state index contributed by atoms with van der Waals surface area (Å²) in [6, 6.07) is 4.96. The zero-order chi connectivity index (χ0) is 14.7. The highest BCUT2D eigenvalue weighted by atomic mass is 35.5. The lowest BCUT2D eigenvalue weighted by molar-refractivity contribution is 0.103. The first-order valence-electron chi connectivity index (χ1n) is 6.87. The highest BCUT2D eigenvalue weighted by Crippen LogP contribution is 2.25. The molecule has 1 atom stereocenters. The van der Waals surface area contributed by atoms with Crippen molar-refractivity contribution in [1.29, 1.82) is 0 Å². The van der Waals surface area contributed by atoms with Gasteiger partial charge < -0.3 is 9.30 Å². The maximum Gasteiger partial charge on any atom is 0.151 e. The van der Waals surface area contributed by atoms with E-state index in [0.717, 1.165) is 5.52 Å². The van der Waals surface area contributed by atoms with E-state index >= 15 is 0 Å². The zero-order valence-electron chi connectivity index (χ0n) is 12.1. The van der Waals surface area contributed by atoms with Crippen molar-refractivity contribution in [2.45, 2.75) is 32.7 Å². The third-order valence-corrected chi connectivity index (χ3v) is 3.22. The van der Waals surface area contributed by atoms with Crippen molar-refractivity contribution in [2.75, 3.05) is 13.2 Å². The number of halogens is 2. The van der Waals surface area contributed by atoms with Gasteiger partial charge in [-0.25, -0.2) is 9.37 Å². The molecular weight excluding hydrogens is 279 g/mol. The molecule has 3 nitrogen and oxygen atoms in total. The Morgan fingerprint density at radius 1 is 1.35 bits per heavy atom. The number of ether oxygens (including phenoxy) is 1. The van der Waals surface area contributed by atoms with Crippen molar-refractivity contribution < 1.29 is 9.13 Å². The van der Waals surface area contributed by atoms with Crippen LogP contribution in [0.25, 0.3) is 11.0 Å². The number of rotatable bonds is 6. The van der Waals surface area contributed by atoms with Gasteiger partial charge in [0.2, 0.25) is 0 Å². The summed E-state index contributed by atoms with van der Waals surface area (Å²) in [6.45, 7) is 7.96. The molecule has 0 amide bonds. The largest absolute Gasteiger partial charge is 0.379 e. The lowest BCUT2D eigenvalue weighted by Gasteiger charge is -2.12. The summed E-state index contributed by atoms with van der Waals surface area (Å²) in [7, 11) is 0. The van der Waals surface area contributed by atoms with Gasteiger partial charge in [-0.2, -0.15) is 0 Å². The monoisotopic (exact) mass is 298 g/mol. The molecule has 5 heteroatoms. The standard InChI is InChI=1S/C15H20ClFN2O/c1-10(2)9-20-8-7-19-13-6-4-5-12(17)14(13)18-15(19)11(3)16/h4-6,10-11H,7-9H2,1-3H3. The fourth-order valence-corrected chi connectivity index (χ4v) is 2.31. The van der Waals surface area contributed by atoms with Crippen LogP contribution in [0.5, 0.6) is 0 Å². The molecule has 0 radical (unpaired) electrons. The first kappa shape index (κ1) is 15.3. The topological polar surface area (TPSA) is 27.1 Å². The SMILES string of the molecule is CC(C)COCCn1c(C(C)Cl)nc2c(F)cccc21. The van der Waals surface area contributed by atoms with E-state index in [1.54, 1.807) is 6.07 Å². The minimum Gasteiger partial charge on any atom is -0.379 e. The minimum atomic E-state index is -0.317. The predicted octanol–water partition coefficient (Wildman–Crippen LogP) is 4.15. The number of para-hydroxylation sites is 1. The Morgan fingerprint density at radius 3 is 2.75 bits per heavy atom. The third-order valence-electron chi connectivity index (χ3n) is 3.03. The van der Waals surface area contributed by atoms with Crippen LogP contribution in [0.3, 0.4) is 0 Å².